The van der Waals surface area contributed by atoms with Crippen molar-refractivity contribution in [1.29, 1.82) is 5.26 Å². The number of hydrogen-bond donors (Lipinski definition) is 1. The van der Waals surface area contributed by atoms with E-state index in [2.05, 4.69) is 11.4 Å². The van der Waals surface area contributed by atoms with Crippen LogP contribution in [0.3, 0.4) is 0 Å². The Kier molecular flexibility index (Phi) is 4.69. The van der Waals surface area contributed by atoms with Crippen LogP contribution >= 0.6 is 11.6 Å². The number of carbonyl (C=O) groups excluding carboxylic acids is 1. The zero-order valence-electron chi connectivity index (χ0n) is 12.6. The molecule has 6 heteroatoms. The summed E-state index contributed by atoms with van der Waals surface area (Å²) in [5.41, 5.74) is 2.25. The molecule has 0 radical (unpaired) electrons. The summed E-state index contributed by atoms with van der Waals surface area (Å²) in [4.78, 5) is 11.9. The zero-order chi connectivity index (χ0) is 16.9. The van der Waals surface area contributed by atoms with E-state index in [-0.39, 0.29) is 12.7 Å². The smallest absolute Gasteiger partial charge is 0.244 e. The number of nitrogens with one attached hydrogen (secondary N) is 1. The molecule has 2 aromatic carbocycles. The van der Waals surface area contributed by atoms with Gasteiger partial charge in [-0.3, -0.25) is 4.79 Å². The Hall–Kier alpha value is -2.97. The van der Waals surface area contributed by atoms with Gasteiger partial charge in [0.2, 0.25) is 12.7 Å². The van der Waals surface area contributed by atoms with E-state index >= 15 is 0 Å². The van der Waals surface area contributed by atoms with Gasteiger partial charge >= 0.3 is 0 Å². The van der Waals surface area contributed by atoms with Gasteiger partial charge in [-0.1, -0.05) is 23.7 Å². The molecule has 3 rings (SSSR count). The average Bonchev–Trinajstić information content (AvgIpc) is 3.08. The first-order valence-electron chi connectivity index (χ1n) is 7.20. The lowest BCUT2D eigenvalue weighted by molar-refractivity contribution is -0.116. The summed E-state index contributed by atoms with van der Waals surface area (Å²) in [6.45, 7) is 0.532. The number of fused-ring (bicyclic) bond motifs is 1. The van der Waals surface area contributed by atoms with Crippen molar-refractivity contribution in [3.8, 4) is 17.6 Å². The van der Waals surface area contributed by atoms with Gasteiger partial charge in [0.15, 0.2) is 11.5 Å². The van der Waals surface area contributed by atoms with E-state index in [1.807, 2.05) is 0 Å². The molecule has 0 bridgehead atoms. The summed E-state index contributed by atoms with van der Waals surface area (Å²) in [6.07, 6.45) is 3.08. The van der Waals surface area contributed by atoms with Crippen LogP contribution in [-0.4, -0.2) is 12.7 Å². The monoisotopic (exact) mass is 340 g/mol. The Morgan fingerprint density at radius 1 is 1.29 bits per heavy atom. The minimum atomic E-state index is -0.229. The molecule has 0 aromatic heterocycles. The van der Waals surface area contributed by atoms with E-state index in [4.69, 9.17) is 26.3 Å². The molecule has 1 amide bonds. The van der Waals surface area contributed by atoms with Crippen molar-refractivity contribution in [2.75, 3.05) is 6.79 Å². The third kappa shape index (κ3) is 3.67. The van der Waals surface area contributed by atoms with Crippen LogP contribution in [-0.2, 0) is 11.3 Å². The van der Waals surface area contributed by atoms with E-state index in [0.717, 1.165) is 11.1 Å². The third-order valence-electron chi connectivity index (χ3n) is 3.43. The molecule has 0 fully saturated rings. The Morgan fingerprint density at radius 2 is 2.08 bits per heavy atom. The molecule has 24 heavy (non-hydrogen) atoms. The van der Waals surface area contributed by atoms with Gasteiger partial charge in [0, 0.05) is 12.6 Å². The number of rotatable bonds is 4. The Bertz CT molecular complexity index is 839. The highest BCUT2D eigenvalue weighted by Crippen LogP contribution is 2.40. The van der Waals surface area contributed by atoms with Crippen molar-refractivity contribution in [2.45, 2.75) is 6.54 Å². The van der Waals surface area contributed by atoms with Crippen LogP contribution in [0.15, 0.2) is 42.5 Å². The van der Waals surface area contributed by atoms with Crippen LogP contribution in [0, 0.1) is 11.3 Å². The van der Waals surface area contributed by atoms with Gasteiger partial charge in [-0.05, 0) is 41.5 Å². The van der Waals surface area contributed by atoms with Crippen LogP contribution in [0.2, 0.25) is 5.02 Å². The fraction of sp³-hybridized carbons (Fsp3) is 0.111. The van der Waals surface area contributed by atoms with Crippen molar-refractivity contribution in [3.05, 3.63) is 64.2 Å². The van der Waals surface area contributed by atoms with Crippen molar-refractivity contribution in [1.82, 2.24) is 5.32 Å². The first-order valence-corrected chi connectivity index (χ1v) is 7.57. The van der Waals surface area contributed by atoms with Gasteiger partial charge in [-0.2, -0.15) is 5.26 Å². The zero-order valence-corrected chi connectivity index (χ0v) is 13.3. The highest BCUT2D eigenvalue weighted by Gasteiger charge is 2.17. The van der Waals surface area contributed by atoms with Gasteiger partial charge in [-0.25, -0.2) is 0 Å². The molecular weight excluding hydrogens is 328 g/mol. The minimum Gasteiger partial charge on any atom is -0.454 e. The average molecular weight is 341 g/mol. The number of halogens is 1. The molecule has 1 N–H and O–H groups in total. The second kappa shape index (κ2) is 7.07. The van der Waals surface area contributed by atoms with E-state index in [1.54, 1.807) is 42.5 Å². The van der Waals surface area contributed by atoms with E-state index in [1.165, 1.54) is 6.08 Å². The molecule has 0 saturated carbocycles. The molecule has 5 nitrogen and oxygen atoms in total. The Morgan fingerprint density at radius 3 is 2.83 bits per heavy atom. The summed E-state index contributed by atoms with van der Waals surface area (Å²) >= 11 is 6.09. The quantitative estimate of drug-likeness (QED) is 0.867. The molecule has 0 unspecified atom stereocenters. The lowest BCUT2D eigenvalue weighted by Gasteiger charge is -2.03. The largest absolute Gasteiger partial charge is 0.454 e. The predicted molar refractivity (Wildman–Crippen MR) is 89.6 cm³/mol. The first kappa shape index (κ1) is 15.9. The molecule has 120 valence electrons. The minimum absolute atomic E-state index is 0.146. The van der Waals surface area contributed by atoms with Crippen molar-refractivity contribution in [2.24, 2.45) is 0 Å². The Labute approximate surface area is 144 Å². The number of nitriles is 1. The lowest BCUT2D eigenvalue weighted by atomic mass is 10.1. The maximum atomic E-state index is 11.9. The number of nitrogens with zero attached hydrogens (tertiary/aromatic N) is 1. The molecule has 0 saturated heterocycles. The van der Waals surface area contributed by atoms with Gasteiger partial charge in [0.05, 0.1) is 16.7 Å². The summed E-state index contributed by atoms with van der Waals surface area (Å²) in [5.74, 6) is 0.868. The van der Waals surface area contributed by atoms with Gasteiger partial charge in [0.25, 0.3) is 0 Å². The summed E-state index contributed by atoms with van der Waals surface area (Å²) in [7, 11) is 0. The Balaban J connectivity index is 1.59. The number of carbonyl (C=O) groups is 1. The second-order valence-electron chi connectivity index (χ2n) is 5.10. The highest BCUT2D eigenvalue weighted by molar-refractivity contribution is 6.32. The maximum absolute atomic E-state index is 11.9. The molecule has 1 heterocycles. The lowest BCUT2D eigenvalue weighted by Crippen LogP contribution is -2.20. The molecule has 1 aliphatic heterocycles. The molecule has 0 spiro atoms. The summed E-state index contributed by atoms with van der Waals surface area (Å²) in [6, 6.07) is 12.6. The molecule has 2 aromatic rings. The van der Waals surface area contributed by atoms with Gasteiger partial charge in [-0.15, -0.1) is 0 Å². The van der Waals surface area contributed by atoms with Crippen LogP contribution in [0.5, 0.6) is 11.5 Å². The predicted octanol–water partition coefficient (Wildman–Crippen LogP) is 3.27. The van der Waals surface area contributed by atoms with Crippen molar-refractivity contribution in [3.63, 3.8) is 0 Å². The highest BCUT2D eigenvalue weighted by atomic mass is 35.5. The van der Waals surface area contributed by atoms with E-state index in [0.29, 0.717) is 28.6 Å². The molecular formula is C18H13ClN2O3. The van der Waals surface area contributed by atoms with Crippen LogP contribution < -0.4 is 14.8 Å². The first-order chi connectivity index (χ1) is 11.7. The fourth-order valence-corrected chi connectivity index (χ4v) is 2.47. The van der Waals surface area contributed by atoms with Crippen molar-refractivity contribution < 1.29 is 14.3 Å². The van der Waals surface area contributed by atoms with E-state index < -0.39 is 0 Å². The number of benzene rings is 2. The second-order valence-corrected chi connectivity index (χ2v) is 5.50. The SMILES string of the molecule is N#Cc1ccc(CNC(=O)/C=C/c2cc(Cl)c3c(c2)OCO3)cc1. The third-order valence-corrected chi connectivity index (χ3v) is 3.71. The normalized spacial score (nSPS) is 12.2. The van der Waals surface area contributed by atoms with Gasteiger partial charge < -0.3 is 14.8 Å². The summed E-state index contributed by atoms with van der Waals surface area (Å²) in [5, 5.41) is 12.0. The maximum Gasteiger partial charge on any atom is 0.244 e. The van der Waals surface area contributed by atoms with Crippen LogP contribution in [0.25, 0.3) is 6.08 Å². The number of hydrogen-bond acceptors (Lipinski definition) is 4. The summed E-state index contributed by atoms with van der Waals surface area (Å²) < 4.78 is 10.5. The van der Waals surface area contributed by atoms with Crippen LogP contribution in [0.1, 0.15) is 16.7 Å². The van der Waals surface area contributed by atoms with Crippen LogP contribution in [0.4, 0.5) is 0 Å². The molecule has 0 aliphatic carbocycles. The van der Waals surface area contributed by atoms with E-state index in [9.17, 15) is 4.79 Å². The van der Waals surface area contributed by atoms with Gasteiger partial charge in [0.1, 0.15) is 0 Å². The fourth-order valence-electron chi connectivity index (χ4n) is 2.20. The topological polar surface area (TPSA) is 71.4 Å². The number of amides is 1. The van der Waals surface area contributed by atoms with Crippen molar-refractivity contribution >= 4 is 23.6 Å². The number of ether oxygens (including phenoxy) is 2. The molecule has 0 atom stereocenters. The molecule has 1 aliphatic rings. The standard InChI is InChI=1S/C18H13ClN2O3/c19-15-7-14(8-16-18(15)24-11-23-16)5-6-17(22)21-10-13-3-1-12(9-20)2-4-13/h1-8H,10-11H2,(H,21,22)/b6-5+.